The van der Waals surface area contributed by atoms with Crippen LogP contribution in [0.1, 0.15) is 79.6 Å². The second-order valence-electron chi connectivity index (χ2n) is 12.6. The van der Waals surface area contributed by atoms with Crippen LogP contribution in [-0.2, 0) is 9.59 Å². The van der Waals surface area contributed by atoms with Crippen molar-refractivity contribution < 1.29 is 24.9 Å². The third kappa shape index (κ3) is 2.70. The lowest BCUT2D eigenvalue weighted by Crippen LogP contribution is -2.69. The molecular formula is C28H40O5. The first kappa shape index (κ1) is 23.4. The molecule has 5 heteroatoms. The molecule has 0 aromatic heterocycles. The molecule has 0 bridgehead atoms. The van der Waals surface area contributed by atoms with Crippen molar-refractivity contribution in [3.8, 4) is 0 Å². The maximum Gasteiger partial charge on any atom is 0.170 e. The molecule has 9 atom stereocenters. The predicted octanol–water partition coefficient (Wildman–Crippen LogP) is 3.75. The van der Waals surface area contributed by atoms with Crippen LogP contribution in [0.25, 0.3) is 0 Å². The highest BCUT2D eigenvalue weighted by Gasteiger charge is 2.72. The molecule has 5 aliphatic carbocycles. The first-order valence-corrected chi connectivity index (χ1v) is 12.9. The molecule has 0 radical (unpaired) electrons. The first-order valence-electron chi connectivity index (χ1n) is 12.9. The fraction of sp³-hybridized carbons (Fsp3) is 0.786. The standard InChI is InChI=1S/C28H40O5/c1-15(2)16(3)24(31)19-13-26-14-23(30)28(33)22(21(26)7-6-20(26)17(19)4)9-11-27(32)12-18(29)8-10-25(27,28)5/h9,11,15-17,19-20,24,31-33H,6-8,10,12-14H2,1-5H3/t16-,17-,19-,20-,24+,25+,26?,27+,28-/m1/s1. The number of fused-ring (bicyclic) bond motifs is 3. The van der Waals surface area contributed by atoms with Gasteiger partial charge in [0.25, 0.3) is 0 Å². The predicted molar refractivity (Wildman–Crippen MR) is 125 cm³/mol. The minimum absolute atomic E-state index is 0.0271. The number of ketones is 2. The van der Waals surface area contributed by atoms with Crippen molar-refractivity contribution in [2.24, 2.45) is 40.4 Å². The fourth-order valence-corrected chi connectivity index (χ4v) is 8.68. The first-order chi connectivity index (χ1) is 15.3. The van der Waals surface area contributed by atoms with E-state index in [4.69, 9.17) is 0 Å². The van der Waals surface area contributed by atoms with Crippen LogP contribution in [0.4, 0.5) is 0 Å². The van der Waals surface area contributed by atoms with Crippen LogP contribution in [0.5, 0.6) is 0 Å². The summed E-state index contributed by atoms with van der Waals surface area (Å²) in [6.07, 6.45) is 6.43. The molecule has 182 valence electrons. The van der Waals surface area contributed by atoms with Crippen LogP contribution in [0, 0.1) is 40.4 Å². The van der Waals surface area contributed by atoms with Gasteiger partial charge in [0.2, 0.25) is 0 Å². The van der Waals surface area contributed by atoms with E-state index < -0.39 is 22.7 Å². The molecule has 3 saturated carbocycles. The third-order valence-electron chi connectivity index (χ3n) is 11.2. The van der Waals surface area contributed by atoms with Crippen LogP contribution in [-0.4, -0.2) is 44.2 Å². The lowest BCUT2D eigenvalue weighted by atomic mass is 9.46. The fourth-order valence-electron chi connectivity index (χ4n) is 8.68. The largest absolute Gasteiger partial charge is 0.393 e. The van der Waals surface area contributed by atoms with Gasteiger partial charge in [-0.25, -0.2) is 0 Å². The molecule has 1 unspecified atom stereocenters. The Kier molecular flexibility index (Phi) is 5.05. The van der Waals surface area contributed by atoms with E-state index in [0.717, 1.165) is 19.3 Å². The van der Waals surface area contributed by atoms with E-state index in [1.165, 1.54) is 5.57 Å². The second-order valence-corrected chi connectivity index (χ2v) is 12.6. The van der Waals surface area contributed by atoms with Gasteiger partial charge in [0.05, 0.1) is 11.7 Å². The molecule has 3 fully saturated rings. The summed E-state index contributed by atoms with van der Waals surface area (Å²) in [6, 6.07) is 0. The van der Waals surface area contributed by atoms with Gasteiger partial charge in [-0.2, -0.15) is 0 Å². The van der Waals surface area contributed by atoms with Crippen molar-refractivity contribution in [3.05, 3.63) is 23.3 Å². The maximum atomic E-state index is 14.0. The van der Waals surface area contributed by atoms with E-state index in [9.17, 15) is 24.9 Å². The summed E-state index contributed by atoms with van der Waals surface area (Å²) < 4.78 is 0. The maximum absolute atomic E-state index is 14.0. The number of rotatable bonds is 3. The number of carbonyl (C=O) groups is 2. The summed E-state index contributed by atoms with van der Waals surface area (Å²) in [7, 11) is 0. The van der Waals surface area contributed by atoms with Gasteiger partial charge in [-0.15, -0.1) is 0 Å². The smallest absolute Gasteiger partial charge is 0.170 e. The minimum atomic E-state index is -1.77. The zero-order valence-corrected chi connectivity index (χ0v) is 20.7. The van der Waals surface area contributed by atoms with Crippen molar-refractivity contribution in [1.82, 2.24) is 0 Å². The Morgan fingerprint density at radius 1 is 1.09 bits per heavy atom. The van der Waals surface area contributed by atoms with E-state index in [1.54, 1.807) is 19.1 Å². The highest BCUT2D eigenvalue weighted by atomic mass is 16.3. The van der Waals surface area contributed by atoms with Gasteiger partial charge in [-0.1, -0.05) is 52.3 Å². The van der Waals surface area contributed by atoms with Crippen molar-refractivity contribution in [2.45, 2.75) is 96.9 Å². The van der Waals surface area contributed by atoms with Crippen LogP contribution >= 0.6 is 0 Å². The normalized spacial score (nSPS) is 48.5. The Labute approximate surface area is 197 Å². The summed E-state index contributed by atoms with van der Waals surface area (Å²) in [4.78, 5) is 26.1. The van der Waals surface area contributed by atoms with Crippen LogP contribution in [0.2, 0.25) is 0 Å². The number of allylic oxidation sites excluding steroid dienone is 1. The second kappa shape index (κ2) is 7.11. The number of hydrogen-bond acceptors (Lipinski definition) is 5. The summed E-state index contributed by atoms with van der Waals surface area (Å²) >= 11 is 0. The Balaban J connectivity index is 1.62. The molecule has 0 amide bonds. The van der Waals surface area contributed by atoms with Gasteiger partial charge in [0.1, 0.15) is 5.78 Å². The molecule has 1 spiro atoms. The van der Waals surface area contributed by atoms with Crippen LogP contribution in [0.15, 0.2) is 23.3 Å². The molecule has 0 saturated heterocycles. The average Bonchev–Trinajstić information content (AvgIpc) is 3.23. The molecule has 33 heavy (non-hydrogen) atoms. The average molecular weight is 457 g/mol. The van der Waals surface area contributed by atoms with Crippen molar-refractivity contribution >= 4 is 11.6 Å². The molecule has 5 aliphatic rings. The van der Waals surface area contributed by atoms with Gasteiger partial charge in [-0.05, 0) is 60.8 Å². The SMILES string of the molecule is CC(C)[C@@H](C)[C@H](O)[C@@H]1CC23CC(=O)[C@]4(O)C(=C2CC[C@@H]3[C@@H]1C)C=C[C@]1(O)CC(=O)CC[C@]41C. The third-order valence-corrected chi connectivity index (χ3v) is 11.2. The quantitative estimate of drug-likeness (QED) is 0.601. The van der Waals surface area contributed by atoms with Gasteiger partial charge >= 0.3 is 0 Å². The van der Waals surface area contributed by atoms with Gasteiger partial charge in [0.15, 0.2) is 11.4 Å². The van der Waals surface area contributed by atoms with Crippen molar-refractivity contribution in [1.29, 1.82) is 0 Å². The molecule has 0 aromatic carbocycles. The number of aliphatic hydroxyl groups is 3. The highest BCUT2D eigenvalue weighted by molar-refractivity contribution is 5.97. The summed E-state index contributed by atoms with van der Waals surface area (Å²) in [5.74, 6) is 1.09. The minimum Gasteiger partial charge on any atom is -0.393 e. The van der Waals surface area contributed by atoms with Crippen LogP contribution < -0.4 is 0 Å². The van der Waals surface area contributed by atoms with Crippen LogP contribution in [0.3, 0.4) is 0 Å². The monoisotopic (exact) mass is 456 g/mol. The Morgan fingerprint density at radius 3 is 2.45 bits per heavy atom. The topological polar surface area (TPSA) is 94.8 Å². The zero-order valence-electron chi connectivity index (χ0n) is 20.7. The van der Waals surface area contributed by atoms with Crippen molar-refractivity contribution in [3.63, 3.8) is 0 Å². The lowest BCUT2D eigenvalue weighted by molar-refractivity contribution is -0.190. The van der Waals surface area contributed by atoms with E-state index >= 15 is 0 Å². The highest BCUT2D eigenvalue weighted by Crippen LogP contribution is 2.70. The number of carbonyl (C=O) groups excluding carboxylic acids is 2. The molecular weight excluding hydrogens is 416 g/mol. The van der Waals surface area contributed by atoms with E-state index in [2.05, 4.69) is 27.7 Å². The van der Waals surface area contributed by atoms with Gasteiger partial charge < -0.3 is 15.3 Å². The van der Waals surface area contributed by atoms with E-state index in [1.807, 2.05) is 0 Å². The van der Waals surface area contributed by atoms with E-state index in [0.29, 0.717) is 29.7 Å². The summed E-state index contributed by atoms with van der Waals surface area (Å²) in [6.45, 7) is 10.4. The molecule has 5 nitrogen and oxygen atoms in total. The lowest BCUT2D eigenvalue weighted by Gasteiger charge is -2.60. The Morgan fingerprint density at radius 2 is 1.79 bits per heavy atom. The molecule has 3 N–H and O–H groups in total. The molecule has 5 rings (SSSR count). The number of Topliss-reactive ketones (excluding diaryl/α,β-unsaturated/α-hetero) is 2. The Bertz CT molecular complexity index is 963. The number of hydrogen-bond donors (Lipinski definition) is 3. The zero-order chi connectivity index (χ0) is 24.1. The van der Waals surface area contributed by atoms with Gasteiger partial charge in [-0.3, -0.25) is 9.59 Å². The number of aliphatic hydroxyl groups excluding tert-OH is 1. The molecule has 0 aromatic rings. The molecule has 0 aliphatic heterocycles. The summed E-state index contributed by atoms with van der Waals surface area (Å²) in [5.41, 5.74) is -2.84. The van der Waals surface area contributed by atoms with E-state index in [-0.39, 0.29) is 48.1 Å². The Hall–Kier alpha value is -1.30. The van der Waals surface area contributed by atoms with Crippen molar-refractivity contribution in [2.75, 3.05) is 0 Å². The van der Waals surface area contributed by atoms with Gasteiger partial charge in [0, 0.05) is 30.1 Å². The summed E-state index contributed by atoms with van der Waals surface area (Å²) in [5, 5.41) is 34.9. The molecule has 0 heterocycles.